The van der Waals surface area contributed by atoms with Crippen molar-refractivity contribution in [1.82, 2.24) is 15.0 Å². The predicted molar refractivity (Wildman–Crippen MR) is 165 cm³/mol. The number of anilines is 1. The number of carbonyl (C=O) groups excluding carboxylic acids is 1. The third-order valence-electron chi connectivity index (χ3n) is 8.09. The molecule has 204 valence electrons. The second-order valence-corrected chi connectivity index (χ2v) is 12.4. The Morgan fingerprint density at radius 3 is 2.33 bits per heavy atom. The largest absolute Gasteiger partial charge is 0.362 e. The molecular formula is C32H36BrClN4O. The summed E-state index contributed by atoms with van der Waals surface area (Å²) < 4.78 is 0.938. The first-order chi connectivity index (χ1) is 18.9. The highest BCUT2D eigenvalue weighted by atomic mass is 79.9. The van der Waals surface area contributed by atoms with Gasteiger partial charge in [0.2, 0.25) is 0 Å². The van der Waals surface area contributed by atoms with Gasteiger partial charge in [-0.25, -0.2) is 15.0 Å². The van der Waals surface area contributed by atoms with E-state index >= 15 is 0 Å². The third-order valence-corrected chi connectivity index (χ3v) is 8.78. The van der Waals surface area contributed by atoms with Crippen LogP contribution in [0.15, 0.2) is 53.0 Å². The summed E-state index contributed by atoms with van der Waals surface area (Å²) in [7, 11) is 4.09. The molecule has 0 saturated heterocycles. The monoisotopic (exact) mass is 606 g/mol. The van der Waals surface area contributed by atoms with Gasteiger partial charge in [-0.3, -0.25) is 4.79 Å². The minimum absolute atomic E-state index is 0.157. The Morgan fingerprint density at radius 1 is 0.897 bits per heavy atom. The number of benzene rings is 2. The van der Waals surface area contributed by atoms with Gasteiger partial charge in [0.25, 0.3) is 0 Å². The fourth-order valence-electron chi connectivity index (χ4n) is 6.00. The highest BCUT2D eigenvalue weighted by Gasteiger charge is 2.22. The lowest BCUT2D eigenvalue weighted by Crippen LogP contribution is -2.16. The van der Waals surface area contributed by atoms with Crippen LogP contribution in [0.1, 0.15) is 74.0 Å². The van der Waals surface area contributed by atoms with Gasteiger partial charge in [-0.05, 0) is 61.1 Å². The number of rotatable bonds is 10. The number of hydrogen-bond donors (Lipinski definition) is 0. The van der Waals surface area contributed by atoms with Crippen molar-refractivity contribution in [1.29, 1.82) is 0 Å². The average molecular weight is 608 g/mol. The topological polar surface area (TPSA) is 59.0 Å². The molecule has 1 saturated carbocycles. The van der Waals surface area contributed by atoms with Crippen LogP contribution in [0.25, 0.3) is 21.8 Å². The molecule has 0 N–H and O–H groups in total. The van der Waals surface area contributed by atoms with Crippen LogP contribution in [-0.4, -0.2) is 34.8 Å². The molecular weight excluding hydrogens is 572 g/mol. The lowest BCUT2D eigenvalue weighted by molar-refractivity contribution is 0.0977. The number of aryl methyl sites for hydroxylation is 1. The lowest BCUT2D eigenvalue weighted by atomic mass is 9.78. The van der Waals surface area contributed by atoms with Gasteiger partial charge in [-0.15, -0.1) is 0 Å². The molecule has 0 radical (unpaired) electrons. The summed E-state index contributed by atoms with van der Waals surface area (Å²) in [6.45, 7) is 0. The van der Waals surface area contributed by atoms with Gasteiger partial charge >= 0.3 is 0 Å². The highest BCUT2D eigenvalue weighted by molar-refractivity contribution is 9.10. The number of pyridine rings is 1. The zero-order valence-corrected chi connectivity index (χ0v) is 25.1. The van der Waals surface area contributed by atoms with Crippen LogP contribution in [0.4, 0.5) is 5.82 Å². The maximum absolute atomic E-state index is 13.1. The van der Waals surface area contributed by atoms with Crippen LogP contribution in [0.3, 0.4) is 0 Å². The van der Waals surface area contributed by atoms with Gasteiger partial charge < -0.3 is 4.90 Å². The number of hydrogen-bond acceptors (Lipinski definition) is 5. The molecule has 2 aromatic carbocycles. The molecule has 0 amide bonds. The predicted octanol–water partition coefficient (Wildman–Crippen LogP) is 8.84. The van der Waals surface area contributed by atoms with E-state index in [1.54, 1.807) is 6.07 Å². The van der Waals surface area contributed by atoms with Crippen LogP contribution in [0.2, 0.25) is 5.15 Å². The Labute approximate surface area is 244 Å². The summed E-state index contributed by atoms with van der Waals surface area (Å²) in [5.41, 5.74) is 2.47. The zero-order chi connectivity index (χ0) is 27.4. The Hall–Kier alpha value is -2.57. The quantitative estimate of drug-likeness (QED) is 0.133. The van der Waals surface area contributed by atoms with Crippen LogP contribution in [0.5, 0.6) is 0 Å². The number of Topliss-reactive ketones (excluding diaryl/α,β-unsaturated/α-hetero) is 1. The Balaban J connectivity index is 1.06. The molecule has 0 unspecified atom stereocenters. The van der Waals surface area contributed by atoms with Gasteiger partial charge in [-0.1, -0.05) is 78.2 Å². The van der Waals surface area contributed by atoms with Gasteiger partial charge in [0.05, 0.1) is 11.0 Å². The molecule has 2 aromatic heterocycles. The maximum atomic E-state index is 13.1. The van der Waals surface area contributed by atoms with Gasteiger partial charge in [0.1, 0.15) is 16.8 Å². The molecule has 4 aromatic rings. The molecule has 39 heavy (non-hydrogen) atoms. The van der Waals surface area contributed by atoms with Crippen molar-refractivity contribution in [2.24, 2.45) is 11.8 Å². The molecule has 0 aliphatic heterocycles. The van der Waals surface area contributed by atoms with E-state index in [9.17, 15) is 4.79 Å². The number of ketones is 1. The third kappa shape index (κ3) is 6.96. The van der Waals surface area contributed by atoms with E-state index in [1.807, 2.05) is 44.4 Å². The standard InChI is InChI=1S/C32H36BrClN4O/c1-38(2)32-24-9-3-4-10-27(24)36-31(37-32)12-6-8-22-15-13-21(14-16-22)7-5-11-29(39)26-20-30(34)35-28-18-17-23(33)19-25(26)28/h3-4,9-10,17-22H,5-8,11-16H2,1-2H3. The van der Waals surface area contributed by atoms with E-state index in [4.69, 9.17) is 21.6 Å². The van der Waals surface area contributed by atoms with E-state index in [2.05, 4.69) is 37.9 Å². The summed E-state index contributed by atoms with van der Waals surface area (Å²) in [5, 5.41) is 2.35. The smallest absolute Gasteiger partial charge is 0.163 e. The van der Waals surface area contributed by atoms with Crippen molar-refractivity contribution in [3.05, 3.63) is 69.5 Å². The molecule has 5 rings (SSSR count). The first-order valence-corrected chi connectivity index (χ1v) is 15.3. The summed E-state index contributed by atoms with van der Waals surface area (Å²) in [6.07, 6.45) is 11.0. The number of carbonyl (C=O) groups is 1. The Bertz CT molecular complexity index is 1470. The number of aromatic nitrogens is 3. The van der Waals surface area contributed by atoms with Crippen LogP contribution in [-0.2, 0) is 6.42 Å². The summed E-state index contributed by atoms with van der Waals surface area (Å²) in [5.74, 6) is 3.63. The zero-order valence-electron chi connectivity index (χ0n) is 22.8. The number of nitrogens with zero attached hydrogens (tertiary/aromatic N) is 4. The number of para-hydroxylation sites is 1. The van der Waals surface area contributed by atoms with Crippen molar-refractivity contribution in [3.63, 3.8) is 0 Å². The molecule has 1 aliphatic rings. The summed E-state index contributed by atoms with van der Waals surface area (Å²) >= 11 is 9.71. The SMILES string of the molecule is CN(C)c1nc(CCCC2CCC(CCCC(=O)c3cc(Cl)nc4ccc(Br)cc34)CC2)nc2ccccc12. The van der Waals surface area contributed by atoms with E-state index in [0.29, 0.717) is 17.1 Å². The first kappa shape index (κ1) is 28.0. The fourth-order valence-corrected chi connectivity index (χ4v) is 6.56. The highest BCUT2D eigenvalue weighted by Crippen LogP contribution is 2.35. The minimum atomic E-state index is 0.157. The molecule has 1 aliphatic carbocycles. The van der Waals surface area contributed by atoms with Crippen LogP contribution >= 0.6 is 27.5 Å². The van der Waals surface area contributed by atoms with E-state index < -0.39 is 0 Å². The molecule has 5 nitrogen and oxygen atoms in total. The average Bonchev–Trinajstić information content (AvgIpc) is 2.93. The van der Waals surface area contributed by atoms with E-state index in [0.717, 1.165) is 75.4 Å². The number of halogens is 2. The molecule has 0 atom stereocenters. The normalized spacial score (nSPS) is 17.5. The molecule has 7 heteroatoms. The molecule has 1 fully saturated rings. The second kappa shape index (κ2) is 12.7. The molecule has 0 spiro atoms. The van der Waals surface area contributed by atoms with Crippen molar-refractivity contribution >= 4 is 60.9 Å². The molecule has 2 heterocycles. The second-order valence-electron chi connectivity index (χ2n) is 11.1. The summed E-state index contributed by atoms with van der Waals surface area (Å²) in [4.78, 5) is 29.2. The van der Waals surface area contributed by atoms with Crippen molar-refractivity contribution < 1.29 is 4.79 Å². The van der Waals surface area contributed by atoms with Gasteiger partial charge in [0.15, 0.2) is 5.78 Å². The van der Waals surface area contributed by atoms with E-state index in [-0.39, 0.29) is 5.78 Å². The van der Waals surface area contributed by atoms with Gasteiger partial charge in [-0.2, -0.15) is 0 Å². The Kier molecular flexibility index (Phi) is 9.13. The van der Waals surface area contributed by atoms with Crippen LogP contribution < -0.4 is 4.90 Å². The van der Waals surface area contributed by atoms with E-state index in [1.165, 1.54) is 32.1 Å². The molecule has 0 bridgehead atoms. The van der Waals surface area contributed by atoms with Crippen molar-refractivity contribution in [2.75, 3.05) is 19.0 Å². The Morgan fingerprint density at radius 2 is 1.59 bits per heavy atom. The lowest BCUT2D eigenvalue weighted by Gasteiger charge is -2.28. The number of fused-ring (bicyclic) bond motifs is 2. The van der Waals surface area contributed by atoms with Crippen LogP contribution in [0, 0.1) is 11.8 Å². The van der Waals surface area contributed by atoms with Crippen molar-refractivity contribution in [2.45, 2.75) is 64.2 Å². The van der Waals surface area contributed by atoms with Gasteiger partial charge in [0, 0.05) is 47.7 Å². The fraction of sp³-hybridized carbons (Fsp3) is 0.438. The first-order valence-electron chi connectivity index (χ1n) is 14.1. The minimum Gasteiger partial charge on any atom is -0.362 e. The summed E-state index contributed by atoms with van der Waals surface area (Å²) in [6, 6.07) is 15.8. The maximum Gasteiger partial charge on any atom is 0.163 e. The van der Waals surface area contributed by atoms with Crippen molar-refractivity contribution in [3.8, 4) is 0 Å².